The molecule has 0 aliphatic heterocycles. The molecule has 154 valence electrons. The zero-order valence-corrected chi connectivity index (χ0v) is 17.0. The van der Waals surface area contributed by atoms with E-state index in [1.54, 1.807) is 44.6 Å². The summed E-state index contributed by atoms with van der Waals surface area (Å²) in [5, 5.41) is 3.77. The molecule has 0 aliphatic rings. The third kappa shape index (κ3) is 4.98. The lowest BCUT2D eigenvalue weighted by molar-refractivity contribution is 0.271. The van der Waals surface area contributed by atoms with Crippen LogP contribution in [-0.4, -0.2) is 35.7 Å². The molecule has 29 heavy (non-hydrogen) atoms. The van der Waals surface area contributed by atoms with E-state index in [2.05, 4.69) is 15.3 Å². The van der Waals surface area contributed by atoms with E-state index in [4.69, 9.17) is 14.3 Å². The van der Waals surface area contributed by atoms with Gasteiger partial charge in [0.25, 0.3) is 0 Å². The smallest absolute Gasteiger partial charge is 0.233 e. The van der Waals surface area contributed by atoms with Crippen molar-refractivity contribution in [1.82, 2.24) is 14.5 Å². The summed E-state index contributed by atoms with van der Waals surface area (Å²) >= 11 is -1.63. The fourth-order valence-corrected chi connectivity index (χ4v) is 3.72. The van der Waals surface area contributed by atoms with E-state index in [0.29, 0.717) is 27.8 Å². The molecule has 3 rings (SSSR count). The molecule has 2 N–H and O–H groups in total. The topological polar surface area (TPSA) is 92.6 Å². The van der Waals surface area contributed by atoms with Crippen LogP contribution in [0, 0.1) is 5.95 Å². The van der Waals surface area contributed by atoms with Gasteiger partial charge in [-0.25, -0.2) is 4.68 Å². The number of ether oxygens (including phenoxy) is 2. The van der Waals surface area contributed by atoms with E-state index >= 15 is 0 Å². The third-order valence-electron chi connectivity index (χ3n) is 4.07. The first-order valence-electron chi connectivity index (χ1n) is 8.56. The third-order valence-corrected chi connectivity index (χ3v) is 5.20. The monoisotopic (exact) mass is 420 g/mol. The van der Waals surface area contributed by atoms with Gasteiger partial charge in [-0.1, -0.05) is 6.07 Å². The van der Waals surface area contributed by atoms with Gasteiger partial charge in [-0.15, -0.1) is 9.82 Å². The van der Waals surface area contributed by atoms with Crippen LogP contribution in [0.15, 0.2) is 53.6 Å². The summed E-state index contributed by atoms with van der Waals surface area (Å²) in [5.74, 6) is 0.642. The molecule has 0 amide bonds. The highest BCUT2D eigenvalue weighted by Crippen LogP contribution is 2.27. The van der Waals surface area contributed by atoms with Crippen LogP contribution in [0.2, 0.25) is 0 Å². The molecule has 1 unspecified atom stereocenters. The van der Waals surface area contributed by atoms with Crippen molar-refractivity contribution in [1.29, 1.82) is 0 Å². The van der Waals surface area contributed by atoms with Crippen molar-refractivity contribution in [3.63, 3.8) is 0 Å². The summed E-state index contributed by atoms with van der Waals surface area (Å²) in [6, 6.07) is 11.6. The first-order chi connectivity index (χ1) is 14.0. The Morgan fingerprint density at radius 3 is 2.59 bits per heavy atom. The molecular formula is C19H21FN4O4S. The molecule has 0 saturated carbocycles. The zero-order chi connectivity index (χ0) is 20.8. The molecule has 0 spiro atoms. The number of halogens is 1. The standard InChI is InChI=1S/C19H21FN4O4S/c1-26-15-6-4-13(17(11-15)27-2)12-21-29(25)18-10-14(23-28-3)5-7-16(18)24-9-8-19(20)22-24/h4-11,21,23H,12H2,1-3H3. The molecule has 0 aliphatic carbocycles. The molecule has 3 aromatic rings. The first kappa shape index (κ1) is 20.9. The summed E-state index contributed by atoms with van der Waals surface area (Å²) < 4.78 is 41.3. The zero-order valence-electron chi connectivity index (χ0n) is 16.1. The summed E-state index contributed by atoms with van der Waals surface area (Å²) in [7, 11) is 4.60. The van der Waals surface area contributed by atoms with Gasteiger partial charge in [0.05, 0.1) is 44.9 Å². The fourth-order valence-electron chi connectivity index (χ4n) is 2.69. The van der Waals surface area contributed by atoms with Gasteiger partial charge in [0.2, 0.25) is 10.8 Å². The number of hydrogen-bond acceptors (Lipinski definition) is 7. The van der Waals surface area contributed by atoms with Gasteiger partial charge < -0.3 is 14.0 Å². The average Bonchev–Trinajstić information content (AvgIpc) is 3.18. The highest BCUT2D eigenvalue weighted by molar-refractivity contribution is 7.89. The minimum absolute atomic E-state index is 0.272. The highest BCUT2D eigenvalue weighted by atomic mass is 32.2. The molecule has 0 bridgehead atoms. The largest absolute Gasteiger partial charge is 0.593 e. The van der Waals surface area contributed by atoms with Crippen LogP contribution in [0.25, 0.3) is 5.69 Å². The van der Waals surface area contributed by atoms with Gasteiger partial charge >= 0.3 is 0 Å². The SMILES string of the molecule is CONc1ccc(-n2ccc(F)n2)c([S+]([O-])NCc2ccc(OC)cc2OC)c1. The van der Waals surface area contributed by atoms with Crippen molar-refractivity contribution < 1.29 is 23.3 Å². The number of hydrogen-bond donors (Lipinski definition) is 2. The second kappa shape index (κ2) is 9.61. The average molecular weight is 420 g/mol. The predicted molar refractivity (Wildman–Crippen MR) is 107 cm³/mol. The number of methoxy groups -OCH3 is 2. The fraction of sp³-hybridized carbons (Fsp3) is 0.211. The van der Waals surface area contributed by atoms with Crippen molar-refractivity contribution >= 4 is 17.0 Å². The Kier molecular flexibility index (Phi) is 6.94. The van der Waals surface area contributed by atoms with Crippen molar-refractivity contribution in [3.05, 3.63) is 60.2 Å². The van der Waals surface area contributed by atoms with Gasteiger partial charge in [0, 0.05) is 30.0 Å². The minimum Gasteiger partial charge on any atom is -0.593 e. The maximum Gasteiger partial charge on any atom is 0.233 e. The van der Waals surface area contributed by atoms with Crippen LogP contribution in [0.1, 0.15) is 5.56 Å². The number of benzene rings is 2. The molecule has 10 heteroatoms. The number of rotatable bonds is 9. The van der Waals surface area contributed by atoms with Gasteiger partial charge in [0.15, 0.2) is 0 Å². The molecule has 2 aromatic carbocycles. The van der Waals surface area contributed by atoms with Crippen LogP contribution in [-0.2, 0) is 22.7 Å². The number of nitrogens with one attached hydrogen (secondary N) is 2. The van der Waals surface area contributed by atoms with Crippen molar-refractivity contribution in [2.24, 2.45) is 0 Å². The lowest BCUT2D eigenvalue weighted by atomic mass is 10.2. The lowest BCUT2D eigenvalue weighted by Crippen LogP contribution is -2.25. The molecule has 1 aromatic heterocycles. The molecule has 0 fully saturated rings. The predicted octanol–water partition coefficient (Wildman–Crippen LogP) is 2.81. The van der Waals surface area contributed by atoms with E-state index in [0.717, 1.165) is 5.56 Å². The second-order valence-corrected chi connectivity index (χ2v) is 7.11. The van der Waals surface area contributed by atoms with Crippen molar-refractivity contribution in [2.75, 3.05) is 26.8 Å². The molecule has 0 saturated heterocycles. The van der Waals surface area contributed by atoms with E-state index in [1.165, 1.54) is 24.1 Å². The Balaban J connectivity index is 1.85. The number of aromatic nitrogens is 2. The summed E-state index contributed by atoms with van der Waals surface area (Å²) in [4.78, 5) is 5.32. The summed E-state index contributed by atoms with van der Waals surface area (Å²) in [6.45, 7) is 0.272. The molecule has 1 heterocycles. The maximum absolute atomic E-state index is 13.4. The normalized spacial score (nSPS) is 11.9. The van der Waals surface area contributed by atoms with E-state index in [-0.39, 0.29) is 6.54 Å². The Labute approximate surface area is 170 Å². The van der Waals surface area contributed by atoms with Gasteiger partial charge in [-0.3, -0.25) is 10.3 Å². The van der Waals surface area contributed by atoms with Crippen molar-refractivity contribution in [2.45, 2.75) is 11.4 Å². The molecular weight excluding hydrogens is 399 g/mol. The minimum atomic E-state index is -1.63. The quantitative estimate of drug-likeness (QED) is 0.406. The Hall–Kier alpha value is -2.79. The number of nitrogens with zero attached hydrogens (tertiary/aromatic N) is 2. The lowest BCUT2D eigenvalue weighted by Gasteiger charge is -2.16. The van der Waals surface area contributed by atoms with Crippen LogP contribution in [0.4, 0.5) is 10.1 Å². The molecule has 8 nitrogen and oxygen atoms in total. The Morgan fingerprint density at radius 1 is 1.10 bits per heavy atom. The van der Waals surface area contributed by atoms with Gasteiger partial charge in [-0.05, 0) is 18.2 Å². The Bertz CT molecular complexity index is 969. The number of anilines is 1. The van der Waals surface area contributed by atoms with Gasteiger partial charge in [-0.2, -0.15) is 4.39 Å². The van der Waals surface area contributed by atoms with E-state index in [9.17, 15) is 8.94 Å². The first-order valence-corrected chi connectivity index (χ1v) is 9.71. The summed E-state index contributed by atoms with van der Waals surface area (Å²) in [5.41, 5.74) is 4.57. The van der Waals surface area contributed by atoms with Crippen LogP contribution >= 0.6 is 0 Å². The van der Waals surface area contributed by atoms with E-state index < -0.39 is 17.3 Å². The van der Waals surface area contributed by atoms with E-state index in [1.807, 2.05) is 6.07 Å². The molecule has 0 radical (unpaired) electrons. The Morgan fingerprint density at radius 2 is 1.93 bits per heavy atom. The van der Waals surface area contributed by atoms with Crippen LogP contribution < -0.4 is 19.7 Å². The van der Waals surface area contributed by atoms with Crippen molar-refractivity contribution in [3.8, 4) is 17.2 Å². The molecule has 1 atom stereocenters. The second-order valence-electron chi connectivity index (χ2n) is 5.84. The van der Waals surface area contributed by atoms with Gasteiger partial charge in [0.1, 0.15) is 17.2 Å². The van der Waals surface area contributed by atoms with Crippen LogP contribution in [0.3, 0.4) is 0 Å². The maximum atomic E-state index is 13.4. The summed E-state index contributed by atoms with van der Waals surface area (Å²) in [6.07, 6.45) is 1.46. The highest BCUT2D eigenvalue weighted by Gasteiger charge is 2.21. The van der Waals surface area contributed by atoms with Crippen LogP contribution in [0.5, 0.6) is 11.5 Å².